The molecule has 0 heterocycles. The molecule has 4 heteroatoms. The van der Waals surface area contributed by atoms with Gasteiger partial charge < -0.3 is 9.47 Å². The Kier molecular flexibility index (Phi) is 5.28. The number of benzene rings is 2. The van der Waals surface area contributed by atoms with Crippen molar-refractivity contribution >= 4 is 17.5 Å². The largest absolute Gasteiger partial charge is 0.497 e. The molecule has 2 aromatic rings. The Morgan fingerprint density at radius 2 is 1.57 bits per heavy atom. The van der Waals surface area contributed by atoms with Gasteiger partial charge in [-0.3, -0.25) is 4.79 Å². The second-order valence-electron chi connectivity index (χ2n) is 4.53. The summed E-state index contributed by atoms with van der Waals surface area (Å²) in [5.74, 6) is 1.38. The molecular weight excluding hydrogens is 284 g/mol. The molecule has 0 saturated carbocycles. The third kappa shape index (κ3) is 4.02. The Labute approximate surface area is 129 Å². The van der Waals surface area contributed by atoms with Crippen molar-refractivity contribution < 1.29 is 14.3 Å². The van der Waals surface area contributed by atoms with E-state index in [-0.39, 0.29) is 5.78 Å². The van der Waals surface area contributed by atoms with E-state index in [1.54, 1.807) is 50.1 Å². The summed E-state index contributed by atoms with van der Waals surface area (Å²) in [7, 11) is 1.60. The lowest BCUT2D eigenvalue weighted by Crippen LogP contribution is -2.23. The number of hydrogen-bond acceptors (Lipinski definition) is 4. The number of ether oxygens (including phenoxy) is 2. The van der Waals surface area contributed by atoms with Gasteiger partial charge in [0, 0.05) is 10.5 Å². The third-order valence-electron chi connectivity index (χ3n) is 3.12. The van der Waals surface area contributed by atoms with Crippen LogP contribution in [0.2, 0.25) is 0 Å². The maximum Gasteiger partial charge on any atom is 0.202 e. The van der Waals surface area contributed by atoms with Crippen LogP contribution in [0.15, 0.2) is 53.4 Å². The lowest BCUT2D eigenvalue weighted by molar-refractivity contribution is 0.0818. The summed E-state index contributed by atoms with van der Waals surface area (Å²) < 4.78 is 10.8. The smallest absolute Gasteiger partial charge is 0.202 e. The zero-order chi connectivity index (χ0) is 15.2. The van der Waals surface area contributed by atoms with E-state index in [1.165, 1.54) is 0 Å². The van der Waals surface area contributed by atoms with Crippen molar-refractivity contribution in [2.24, 2.45) is 0 Å². The van der Waals surface area contributed by atoms with Crippen molar-refractivity contribution in [2.45, 2.75) is 17.9 Å². The topological polar surface area (TPSA) is 35.5 Å². The molecule has 0 N–H and O–H groups in total. The van der Waals surface area contributed by atoms with Crippen molar-refractivity contribution in [3.63, 3.8) is 0 Å². The Bertz CT molecular complexity index is 590. The summed E-state index contributed by atoms with van der Waals surface area (Å²) in [6, 6.07) is 14.7. The Morgan fingerprint density at radius 3 is 2.10 bits per heavy atom. The van der Waals surface area contributed by atoms with Crippen molar-refractivity contribution in [1.82, 2.24) is 0 Å². The highest BCUT2D eigenvalue weighted by molar-refractivity contribution is 7.98. The van der Waals surface area contributed by atoms with Gasteiger partial charge in [-0.2, -0.15) is 0 Å². The average Bonchev–Trinajstić information content (AvgIpc) is 2.55. The maximum absolute atomic E-state index is 12.3. The summed E-state index contributed by atoms with van der Waals surface area (Å²) in [5.41, 5.74) is 0.615. The molecule has 0 aliphatic heterocycles. The molecule has 0 fully saturated rings. The van der Waals surface area contributed by atoms with Crippen LogP contribution in [0.4, 0.5) is 0 Å². The normalized spacial score (nSPS) is 11.8. The lowest BCUT2D eigenvalue weighted by atomic mass is 10.1. The van der Waals surface area contributed by atoms with Crippen LogP contribution in [-0.2, 0) is 0 Å². The number of hydrogen-bond donors (Lipinski definition) is 0. The van der Waals surface area contributed by atoms with Crippen molar-refractivity contribution in [3.8, 4) is 11.5 Å². The van der Waals surface area contributed by atoms with Crippen LogP contribution >= 0.6 is 11.8 Å². The molecule has 2 rings (SSSR count). The van der Waals surface area contributed by atoms with Crippen LogP contribution in [0.1, 0.15) is 17.3 Å². The van der Waals surface area contributed by atoms with E-state index < -0.39 is 6.10 Å². The molecular formula is C17H18O3S. The fourth-order valence-corrected chi connectivity index (χ4v) is 2.31. The van der Waals surface area contributed by atoms with Gasteiger partial charge in [-0.15, -0.1) is 11.8 Å². The molecule has 0 radical (unpaired) electrons. The molecule has 110 valence electrons. The third-order valence-corrected chi connectivity index (χ3v) is 3.86. The van der Waals surface area contributed by atoms with Gasteiger partial charge in [0.25, 0.3) is 0 Å². The zero-order valence-corrected chi connectivity index (χ0v) is 13.1. The van der Waals surface area contributed by atoms with E-state index in [0.717, 1.165) is 10.6 Å². The molecule has 0 saturated heterocycles. The summed E-state index contributed by atoms with van der Waals surface area (Å²) >= 11 is 1.67. The standard InChI is InChI=1S/C17H18O3S/c1-12(20-15-8-10-16(21-3)11-9-15)17(18)13-4-6-14(19-2)7-5-13/h4-12H,1-3H3. The summed E-state index contributed by atoms with van der Waals surface area (Å²) in [5, 5.41) is 0. The average molecular weight is 302 g/mol. The fraction of sp³-hybridized carbons (Fsp3) is 0.235. The summed E-state index contributed by atoms with van der Waals surface area (Å²) in [6.07, 6.45) is 1.49. The quantitative estimate of drug-likeness (QED) is 0.595. The number of carbonyl (C=O) groups excluding carboxylic acids is 1. The highest BCUT2D eigenvalue weighted by Crippen LogP contribution is 2.21. The van der Waals surface area contributed by atoms with Crippen LogP contribution in [0, 0.1) is 0 Å². The minimum absolute atomic E-state index is 0.0494. The van der Waals surface area contributed by atoms with Crippen molar-refractivity contribution in [3.05, 3.63) is 54.1 Å². The van der Waals surface area contributed by atoms with Gasteiger partial charge in [-0.05, 0) is 61.7 Å². The SMILES string of the molecule is COc1ccc(C(=O)C(C)Oc2ccc(SC)cc2)cc1. The van der Waals surface area contributed by atoms with E-state index >= 15 is 0 Å². The van der Waals surface area contributed by atoms with E-state index in [4.69, 9.17) is 9.47 Å². The molecule has 0 aliphatic rings. The Hall–Kier alpha value is -1.94. The van der Waals surface area contributed by atoms with Gasteiger partial charge in [0.15, 0.2) is 6.10 Å². The highest BCUT2D eigenvalue weighted by atomic mass is 32.2. The van der Waals surface area contributed by atoms with Gasteiger partial charge in [0.05, 0.1) is 7.11 Å². The number of Topliss-reactive ketones (excluding diaryl/α,β-unsaturated/α-hetero) is 1. The van der Waals surface area contributed by atoms with E-state index in [9.17, 15) is 4.79 Å². The summed E-state index contributed by atoms with van der Waals surface area (Å²) in [4.78, 5) is 13.5. The second kappa shape index (κ2) is 7.18. The molecule has 0 amide bonds. The molecule has 0 aromatic heterocycles. The van der Waals surface area contributed by atoms with Crippen LogP contribution in [0.3, 0.4) is 0 Å². The first-order valence-corrected chi connectivity index (χ1v) is 7.85. The lowest BCUT2D eigenvalue weighted by Gasteiger charge is -2.14. The first kappa shape index (κ1) is 15.4. The Balaban J connectivity index is 2.03. The minimum Gasteiger partial charge on any atom is -0.497 e. The van der Waals surface area contributed by atoms with Crippen LogP contribution in [0.5, 0.6) is 11.5 Å². The molecule has 0 bridgehead atoms. The number of ketones is 1. The molecule has 3 nitrogen and oxygen atoms in total. The zero-order valence-electron chi connectivity index (χ0n) is 12.3. The molecule has 21 heavy (non-hydrogen) atoms. The Morgan fingerprint density at radius 1 is 1.00 bits per heavy atom. The highest BCUT2D eigenvalue weighted by Gasteiger charge is 2.16. The number of rotatable bonds is 6. The molecule has 1 atom stereocenters. The van der Waals surface area contributed by atoms with Gasteiger partial charge in [-0.25, -0.2) is 0 Å². The van der Waals surface area contributed by atoms with E-state index in [0.29, 0.717) is 11.3 Å². The fourth-order valence-electron chi connectivity index (χ4n) is 1.90. The van der Waals surface area contributed by atoms with Gasteiger partial charge >= 0.3 is 0 Å². The molecule has 1 unspecified atom stereocenters. The summed E-state index contributed by atoms with van der Waals surface area (Å²) in [6.45, 7) is 1.76. The van der Waals surface area contributed by atoms with E-state index in [1.807, 2.05) is 30.5 Å². The number of methoxy groups -OCH3 is 1. The number of carbonyl (C=O) groups is 1. The van der Waals surface area contributed by atoms with Crippen LogP contribution < -0.4 is 9.47 Å². The van der Waals surface area contributed by atoms with Gasteiger partial charge in [0.1, 0.15) is 11.5 Å². The van der Waals surface area contributed by atoms with Crippen LogP contribution in [-0.4, -0.2) is 25.3 Å². The number of thioether (sulfide) groups is 1. The van der Waals surface area contributed by atoms with E-state index in [2.05, 4.69) is 0 Å². The van der Waals surface area contributed by atoms with Crippen molar-refractivity contribution in [1.29, 1.82) is 0 Å². The second-order valence-corrected chi connectivity index (χ2v) is 5.41. The minimum atomic E-state index is -0.529. The molecule has 0 aliphatic carbocycles. The molecule has 2 aromatic carbocycles. The predicted octanol–water partition coefficient (Wildman–Crippen LogP) is 4.07. The first-order chi connectivity index (χ1) is 10.1. The molecule has 0 spiro atoms. The van der Waals surface area contributed by atoms with Gasteiger partial charge in [-0.1, -0.05) is 0 Å². The first-order valence-electron chi connectivity index (χ1n) is 6.63. The maximum atomic E-state index is 12.3. The van der Waals surface area contributed by atoms with Gasteiger partial charge in [0.2, 0.25) is 5.78 Å². The predicted molar refractivity (Wildman–Crippen MR) is 85.6 cm³/mol. The van der Waals surface area contributed by atoms with Crippen LogP contribution in [0.25, 0.3) is 0 Å². The monoisotopic (exact) mass is 302 g/mol. The van der Waals surface area contributed by atoms with Crippen molar-refractivity contribution in [2.75, 3.05) is 13.4 Å².